The zero-order valence-electron chi connectivity index (χ0n) is 15.1. The van der Waals surface area contributed by atoms with E-state index in [0.29, 0.717) is 17.4 Å². The molecule has 2 rings (SSSR count). The first-order chi connectivity index (χ1) is 11.6. The van der Waals surface area contributed by atoms with Crippen LogP contribution in [0.4, 0.5) is 16.2 Å². The van der Waals surface area contributed by atoms with Crippen molar-refractivity contribution in [2.45, 2.75) is 52.6 Å². The Labute approximate surface area is 147 Å². The second-order valence-corrected chi connectivity index (χ2v) is 7.38. The SMILES string of the molecule is CC(NC(=O)C(C)(C)C)C(=O)Nc1ccc(NC(=O)NC2CC2)cc1. The predicted octanol–water partition coefficient (Wildman–Crippen LogP) is 2.46. The van der Waals surface area contributed by atoms with Crippen LogP contribution in [-0.4, -0.2) is 29.9 Å². The van der Waals surface area contributed by atoms with Crippen LogP contribution in [-0.2, 0) is 9.59 Å². The molecule has 1 aliphatic rings. The molecule has 0 radical (unpaired) electrons. The second-order valence-electron chi connectivity index (χ2n) is 7.38. The maximum Gasteiger partial charge on any atom is 0.319 e. The van der Waals surface area contributed by atoms with E-state index in [2.05, 4.69) is 21.3 Å². The van der Waals surface area contributed by atoms with E-state index in [0.717, 1.165) is 12.8 Å². The molecule has 7 nitrogen and oxygen atoms in total. The van der Waals surface area contributed by atoms with Crippen molar-refractivity contribution >= 4 is 29.2 Å². The fourth-order valence-corrected chi connectivity index (χ4v) is 1.95. The Kier molecular flexibility index (Phi) is 5.66. The van der Waals surface area contributed by atoms with Gasteiger partial charge in [0.2, 0.25) is 11.8 Å². The largest absolute Gasteiger partial charge is 0.344 e. The van der Waals surface area contributed by atoms with Gasteiger partial charge in [-0.15, -0.1) is 0 Å². The molecule has 1 saturated carbocycles. The van der Waals surface area contributed by atoms with Gasteiger partial charge in [0.05, 0.1) is 0 Å². The van der Waals surface area contributed by atoms with Crippen LogP contribution >= 0.6 is 0 Å². The van der Waals surface area contributed by atoms with Gasteiger partial charge in [0.25, 0.3) is 0 Å². The summed E-state index contributed by atoms with van der Waals surface area (Å²) in [7, 11) is 0. The van der Waals surface area contributed by atoms with Crippen molar-refractivity contribution in [3.05, 3.63) is 24.3 Å². The van der Waals surface area contributed by atoms with Crippen LogP contribution < -0.4 is 21.3 Å². The molecule has 1 aliphatic carbocycles. The average molecular weight is 346 g/mol. The Morgan fingerprint density at radius 2 is 1.52 bits per heavy atom. The highest BCUT2D eigenvalue weighted by atomic mass is 16.2. The lowest BCUT2D eigenvalue weighted by Gasteiger charge is -2.21. The molecule has 1 aromatic carbocycles. The Morgan fingerprint density at radius 1 is 1.00 bits per heavy atom. The molecule has 136 valence electrons. The van der Waals surface area contributed by atoms with Crippen LogP contribution in [0.2, 0.25) is 0 Å². The van der Waals surface area contributed by atoms with Gasteiger partial charge in [-0.2, -0.15) is 0 Å². The number of benzene rings is 1. The van der Waals surface area contributed by atoms with E-state index in [4.69, 9.17) is 0 Å². The fourth-order valence-electron chi connectivity index (χ4n) is 1.95. The molecule has 1 atom stereocenters. The molecule has 0 bridgehead atoms. The number of anilines is 2. The van der Waals surface area contributed by atoms with Gasteiger partial charge in [-0.1, -0.05) is 20.8 Å². The minimum atomic E-state index is -0.645. The second kappa shape index (κ2) is 7.55. The Morgan fingerprint density at radius 3 is 2.00 bits per heavy atom. The minimum absolute atomic E-state index is 0.184. The third kappa shape index (κ3) is 6.10. The summed E-state index contributed by atoms with van der Waals surface area (Å²) < 4.78 is 0. The number of hydrogen-bond acceptors (Lipinski definition) is 3. The van der Waals surface area contributed by atoms with E-state index >= 15 is 0 Å². The van der Waals surface area contributed by atoms with Crippen molar-refractivity contribution < 1.29 is 14.4 Å². The summed E-state index contributed by atoms with van der Waals surface area (Å²) in [5.41, 5.74) is 0.684. The van der Waals surface area contributed by atoms with Gasteiger partial charge in [-0.25, -0.2) is 4.79 Å². The van der Waals surface area contributed by atoms with Crippen molar-refractivity contribution in [2.24, 2.45) is 5.41 Å². The Hall–Kier alpha value is -2.57. The molecule has 0 aromatic heterocycles. The number of carbonyl (C=O) groups excluding carboxylic acids is 3. The van der Waals surface area contributed by atoms with Gasteiger partial charge in [-0.3, -0.25) is 9.59 Å². The fraction of sp³-hybridized carbons (Fsp3) is 0.500. The van der Waals surface area contributed by atoms with E-state index < -0.39 is 11.5 Å². The highest BCUT2D eigenvalue weighted by Gasteiger charge is 2.25. The third-order valence-corrected chi connectivity index (χ3v) is 3.74. The highest BCUT2D eigenvalue weighted by molar-refractivity contribution is 5.97. The normalized spacial score (nSPS) is 15.0. The van der Waals surface area contributed by atoms with E-state index in [9.17, 15) is 14.4 Å². The van der Waals surface area contributed by atoms with Crippen molar-refractivity contribution in [3.8, 4) is 0 Å². The molecule has 0 heterocycles. The van der Waals surface area contributed by atoms with Gasteiger partial charge in [0.1, 0.15) is 6.04 Å². The molecule has 0 spiro atoms. The first-order valence-corrected chi connectivity index (χ1v) is 8.44. The van der Waals surface area contributed by atoms with Crippen molar-refractivity contribution in [1.29, 1.82) is 0 Å². The lowest BCUT2D eigenvalue weighted by molar-refractivity contribution is -0.131. The smallest absolute Gasteiger partial charge is 0.319 e. The first kappa shape index (κ1) is 18.8. The van der Waals surface area contributed by atoms with Crippen LogP contribution in [0.15, 0.2) is 24.3 Å². The van der Waals surface area contributed by atoms with Crippen molar-refractivity contribution in [2.75, 3.05) is 10.6 Å². The van der Waals surface area contributed by atoms with E-state index in [-0.39, 0.29) is 17.8 Å². The Bertz CT molecular complexity index is 645. The summed E-state index contributed by atoms with van der Waals surface area (Å²) in [6, 6.07) is 6.24. The summed E-state index contributed by atoms with van der Waals surface area (Å²) in [4.78, 5) is 35.7. The lowest BCUT2D eigenvalue weighted by atomic mass is 9.95. The molecule has 25 heavy (non-hydrogen) atoms. The molecular weight excluding hydrogens is 320 g/mol. The van der Waals surface area contributed by atoms with Crippen LogP contribution in [0.3, 0.4) is 0 Å². The van der Waals surface area contributed by atoms with Crippen LogP contribution in [0.25, 0.3) is 0 Å². The van der Waals surface area contributed by atoms with Crippen LogP contribution in [0, 0.1) is 5.41 Å². The van der Waals surface area contributed by atoms with E-state index in [1.54, 1.807) is 52.0 Å². The van der Waals surface area contributed by atoms with Crippen LogP contribution in [0.5, 0.6) is 0 Å². The predicted molar refractivity (Wildman–Crippen MR) is 97.3 cm³/mol. The highest BCUT2D eigenvalue weighted by Crippen LogP contribution is 2.19. The summed E-state index contributed by atoms with van der Waals surface area (Å²) in [6.07, 6.45) is 2.06. The van der Waals surface area contributed by atoms with E-state index in [1.807, 2.05) is 0 Å². The minimum Gasteiger partial charge on any atom is -0.344 e. The van der Waals surface area contributed by atoms with Gasteiger partial charge in [0, 0.05) is 22.8 Å². The standard InChI is InChI=1S/C18H26N4O3/c1-11(19-16(24)18(2,3)4)15(23)20-12-5-7-13(8-6-12)21-17(25)22-14-9-10-14/h5-8,11,14H,9-10H2,1-4H3,(H,19,24)(H,20,23)(H2,21,22,25). The first-order valence-electron chi connectivity index (χ1n) is 8.44. The molecule has 1 unspecified atom stereocenters. The Balaban J connectivity index is 1.83. The summed E-state index contributed by atoms with van der Waals surface area (Å²) >= 11 is 0. The molecule has 0 saturated heterocycles. The summed E-state index contributed by atoms with van der Waals surface area (Å²) in [6.45, 7) is 7.01. The number of amides is 4. The van der Waals surface area contributed by atoms with Crippen molar-refractivity contribution in [3.63, 3.8) is 0 Å². The number of nitrogens with one attached hydrogen (secondary N) is 4. The van der Waals surface area contributed by atoms with Gasteiger partial charge in [0.15, 0.2) is 0 Å². The number of carbonyl (C=O) groups is 3. The van der Waals surface area contributed by atoms with Crippen molar-refractivity contribution in [1.82, 2.24) is 10.6 Å². The molecule has 0 aliphatic heterocycles. The zero-order chi connectivity index (χ0) is 18.6. The van der Waals surface area contributed by atoms with Gasteiger partial charge in [-0.05, 0) is 44.0 Å². The van der Waals surface area contributed by atoms with Crippen LogP contribution in [0.1, 0.15) is 40.5 Å². The molecular formula is C18H26N4O3. The molecule has 1 aromatic rings. The molecule has 7 heteroatoms. The molecule has 1 fully saturated rings. The lowest BCUT2D eigenvalue weighted by Crippen LogP contribution is -2.46. The summed E-state index contributed by atoms with van der Waals surface area (Å²) in [5.74, 6) is -0.485. The molecule has 4 N–H and O–H groups in total. The average Bonchev–Trinajstić information content (AvgIpc) is 3.31. The summed E-state index contributed by atoms with van der Waals surface area (Å²) in [5, 5.41) is 11.0. The monoisotopic (exact) mass is 346 g/mol. The van der Waals surface area contributed by atoms with Gasteiger partial charge < -0.3 is 21.3 Å². The maximum atomic E-state index is 12.2. The topological polar surface area (TPSA) is 99.3 Å². The van der Waals surface area contributed by atoms with Gasteiger partial charge >= 0.3 is 6.03 Å². The van der Waals surface area contributed by atoms with E-state index in [1.165, 1.54) is 0 Å². The maximum absolute atomic E-state index is 12.2. The zero-order valence-corrected chi connectivity index (χ0v) is 15.1. The number of rotatable bonds is 5. The third-order valence-electron chi connectivity index (χ3n) is 3.74. The number of hydrogen-bond donors (Lipinski definition) is 4. The molecule has 4 amide bonds. The number of urea groups is 1. The quantitative estimate of drug-likeness (QED) is 0.659.